The Morgan fingerprint density at radius 2 is 1.95 bits per heavy atom. The van der Waals surface area contributed by atoms with Gasteiger partial charge in [0.1, 0.15) is 5.82 Å². The van der Waals surface area contributed by atoms with Crippen molar-refractivity contribution < 1.29 is 4.74 Å². The van der Waals surface area contributed by atoms with Crippen molar-refractivity contribution >= 4 is 35.8 Å². The van der Waals surface area contributed by atoms with Crippen LogP contribution in [0.1, 0.15) is 31.5 Å². The van der Waals surface area contributed by atoms with E-state index in [1.165, 1.54) is 24.2 Å². The van der Waals surface area contributed by atoms with Crippen LogP contribution >= 0.6 is 24.8 Å². The maximum absolute atomic E-state index is 5.54. The molecule has 0 aliphatic carbocycles. The number of imidazole rings is 1. The number of rotatable bonds is 5. The van der Waals surface area contributed by atoms with Crippen molar-refractivity contribution in [2.24, 2.45) is 0 Å². The predicted molar refractivity (Wildman–Crippen MR) is 95.6 cm³/mol. The zero-order chi connectivity index (χ0) is 13.8. The van der Waals surface area contributed by atoms with Gasteiger partial charge in [0.05, 0.1) is 17.6 Å². The topological polar surface area (TPSA) is 39.1 Å². The van der Waals surface area contributed by atoms with Crippen LogP contribution in [-0.4, -0.2) is 35.9 Å². The summed E-state index contributed by atoms with van der Waals surface area (Å²) < 4.78 is 7.90. The first-order valence-electron chi connectivity index (χ1n) is 7.63. The van der Waals surface area contributed by atoms with Gasteiger partial charge in [-0.2, -0.15) is 0 Å². The Bertz CT molecular complexity index is 568. The van der Waals surface area contributed by atoms with Gasteiger partial charge in [0.2, 0.25) is 0 Å². The fourth-order valence-electron chi connectivity index (χ4n) is 3.02. The van der Waals surface area contributed by atoms with E-state index < -0.39 is 0 Å². The summed E-state index contributed by atoms with van der Waals surface area (Å²) in [5.41, 5.74) is 2.35. The third-order valence-corrected chi connectivity index (χ3v) is 4.05. The first kappa shape index (κ1) is 19.2. The molecule has 0 saturated carbocycles. The minimum absolute atomic E-state index is 0. The molecule has 0 spiro atoms. The van der Waals surface area contributed by atoms with Crippen LogP contribution in [0.2, 0.25) is 0 Å². The van der Waals surface area contributed by atoms with Crippen LogP contribution in [0.25, 0.3) is 11.0 Å². The molecule has 22 heavy (non-hydrogen) atoms. The molecule has 0 radical (unpaired) electrons. The average molecular weight is 346 g/mol. The third-order valence-electron chi connectivity index (χ3n) is 4.05. The molecule has 0 atom stereocenters. The summed E-state index contributed by atoms with van der Waals surface area (Å²) in [6.07, 6.45) is 2.36. The van der Waals surface area contributed by atoms with Gasteiger partial charge >= 0.3 is 0 Å². The van der Waals surface area contributed by atoms with Crippen LogP contribution < -0.4 is 5.32 Å². The van der Waals surface area contributed by atoms with E-state index in [2.05, 4.69) is 34.1 Å². The molecule has 4 nitrogen and oxygen atoms in total. The molecule has 1 aliphatic heterocycles. The zero-order valence-corrected chi connectivity index (χ0v) is 14.6. The van der Waals surface area contributed by atoms with Crippen molar-refractivity contribution in [2.75, 3.05) is 26.3 Å². The van der Waals surface area contributed by atoms with Crippen LogP contribution in [0.5, 0.6) is 0 Å². The lowest BCUT2D eigenvalue weighted by molar-refractivity contribution is 0.138. The number of nitrogens with zero attached hydrogens (tertiary/aromatic N) is 2. The molecular formula is C16H25Cl2N3O. The molecule has 1 aromatic carbocycles. The summed E-state index contributed by atoms with van der Waals surface area (Å²) in [7, 11) is 0. The monoisotopic (exact) mass is 345 g/mol. The van der Waals surface area contributed by atoms with Crippen LogP contribution in [0, 0.1) is 0 Å². The van der Waals surface area contributed by atoms with E-state index in [0.717, 1.165) is 38.4 Å². The molecule has 0 unspecified atom stereocenters. The average Bonchev–Trinajstić information content (AvgIpc) is 2.87. The minimum atomic E-state index is 0. The van der Waals surface area contributed by atoms with E-state index in [9.17, 15) is 0 Å². The highest BCUT2D eigenvalue weighted by Crippen LogP contribution is 2.28. The lowest BCUT2D eigenvalue weighted by Gasteiger charge is -2.23. The van der Waals surface area contributed by atoms with E-state index in [1.807, 2.05) is 6.92 Å². The predicted octanol–water partition coefficient (Wildman–Crippen LogP) is 3.38. The first-order valence-corrected chi connectivity index (χ1v) is 7.63. The number of para-hydroxylation sites is 2. The summed E-state index contributed by atoms with van der Waals surface area (Å²) in [5.74, 6) is 1.82. The van der Waals surface area contributed by atoms with Gasteiger partial charge < -0.3 is 14.6 Å². The normalized spacial score (nSPS) is 15.3. The van der Waals surface area contributed by atoms with E-state index >= 15 is 0 Å². The maximum atomic E-state index is 5.54. The summed E-state index contributed by atoms with van der Waals surface area (Å²) in [5, 5.41) is 3.43. The van der Waals surface area contributed by atoms with Crippen LogP contribution in [0.3, 0.4) is 0 Å². The highest BCUT2D eigenvalue weighted by Gasteiger charge is 2.21. The summed E-state index contributed by atoms with van der Waals surface area (Å²) in [6.45, 7) is 6.66. The Morgan fingerprint density at radius 3 is 2.68 bits per heavy atom. The van der Waals surface area contributed by atoms with Crippen LogP contribution in [0.4, 0.5) is 0 Å². The number of ether oxygens (including phenoxy) is 1. The Hall–Kier alpha value is -0.810. The quantitative estimate of drug-likeness (QED) is 0.844. The van der Waals surface area contributed by atoms with E-state index in [4.69, 9.17) is 9.72 Å². The number of fused-ring (bicyclic) bond motifs is 1. The molecule has 124 valence electrons. The summed E-state index contributed by atoms with van der Waals surface area (Å²) in [4.78, 5) is 4.89. The van der Waals surface area contributed by atoms with E-state index in [0.29, 0.717) is 5.92 Å². The van der Waals surface area contributed by atoms with Crippen molar-refractivity contribution in [3.63, 3.8) is 0 Å². The zero-order valence-electron chi connectivity index (χ0n) is 13.0. The number of benzene rings is 1. The molecule has 1 aliphatic rings. The van der Waals surface area contributed by atoms with Gasteiger partial charge in [0.25, 0.3) is 0 Å². The lowest BCUT2D eigenvalue weighted by atomic mass is 9.97. The molecule has 1 N–H and O–H groups in total. The minimum Gasteiger partial charge on any atom is -0.380 e. The highest BCUT2D eigenvalue weighted by atomic mass is 35.5. The van der Waals surface area contributed by atoms with Gasteiger partial charge in [0.15, 0.2) is 0 Å². The van der Waals surface area contributed by atoms with Crippen LogP contribution in [-0.2, 0) is 11.3 Å². The van der Waals surface area contributed by atoms with Gasteiger partial charge in [-0.1, -0.05) is 12.1 Å². The molecule has 1 aromatic heterocycles. The van der Waals surface area contributed by atoms with Crippen LogP contribution in [0.15, 0.2) is 24.3 Å². The largest absolute Gasteiger partial charge is 0.380 e. The molecule has 1 saturated heterocycles. The fourth-order valence-corrected chi connectivity index (χ4v) is 3.02. The molecule has 6 heteroatoms. The van der Waals surface area contributed by atoms with Crippen molar-refractivity contribution in [3.8, 4) is 0 Å². The molecule has 2 aromatic rings. The molecule has 3 rings (SSSR count). The number of piperidine rings is 1. The number of halogens is 2. The van der Waals surface area contributed by atoms with Gasteiger partial charge in [-0.3, -0.25) is 0 Å². The third kappa shape index (κ3) is 4.13. The smallest absolute Gasteiger partial charge is 0.113 e. The second-order valence-corrected chi connectivity index (χ2v) is 5.33. The maximum Gasteiger partial charge on any atom is 0.113 e. The lowest BCUT2D eigenvalue weighted by Crippen LogP contribution is -2.28. The second-order valence-electron chi connectivity index (χ2n) is 5.33. The Labute approximate surface area is 144 Å². The van der Waals surface area contributed by atoms with Crippen molar-refractivity contribution in [1.82, 2.24) is 14.9 Å². The SMILES string of the molecule is CCOCCn1c(C2CCNCC2)nc2ccccc21.Cl.Cl. The second kappa shape index (κ2) is 9.36. The number of nitrogens with one attached hydrogen (secondary N) is 1. The van der Waals surface area contributed by atoms with Gasteiger partial charge in [-0.05, 0) is 45.0 Å². The number of hydrogen-bond acceptors (Lipinski definition) is 3. The molecule has 0 bridgehead atoms. The van der Waals surface area contributed by atoms with Crippen molar-refractivity contribution in [1.29, 1.82) is 0 Å². The number of aromatic nitrogens is 2. The first-order chi connectivity index (χ1) is 9.90. The summed E-state index contributed by atoms with van der Waals surface area (Å²) >= 11 is 0. The Balaban J connectivity index is 0.00000121. The standard InChI is InChI=1S/C16H23N3O.2ClH/c1-2-20-12-11-19-15-6-4-3-5-14(15)18-16(19)13-7-9-17-10-8-13;;/h3-6,13,17H,2,7-12H2,1H3;2*1H. The summed E-state index contributed by atoms with van der Waals surface area (Å²) in [6, 6.07) is 8.43. The fraction of sp³-hybridized carbons (Fsp3) is 0.562. The van der Waals surface area contributed by atoms with Gasteiger partial charge in [-0.15, -0.1) is 24.8 Å². The van der Waals surface area contributed by atoms with Gasteiger partial charge in [-0.25, -0.2) is 4.98 Å². The van der Waals surface area contributed by atoms with E-state index in [-0.39, 0.29) is 24.8 Å². The van der Waals surface area contributed by atoms with Crippen molar-refractivity contribution in [2.45, 2.75) is 32.2 Å². The Kier molecular flexibility index (Phi) is 8.18. The number of hydrogen-bond donors (Lipinski definition) is 1. The highest BCUT2D eigenvalue weighted by molar-refractivity contribution is 5.85. The molecule has 1 fully saturated rings. The molecule has 0 amide bonds. The van der Waals surface area contributed by atoms with Crippen molar-refractivity contribution in [3.05, 3.63) is 30.1 Å². The van der Waals surface area contributed by atoms with Gasteiger partial charge in [0, 0.05) is 19.1 Å². The van der Waals surface area contributed by atoms with E-state index in [1.54, 1.807) is 0 Å². The molecular weight excluding hydrogens is 321 g/mol. The molecule has 2 heterocycles. The Morgan fingerprint density at radius 1 is 1.23 bits per heavy atom.